The fourth-order valence-electron chi connectivity index (χ4n) is 1.68. The molecule has 0 aliphatic rings. The number of nitrogens with two attached hydrogens (primary N) is 1. The molecular formula is C12H24N2O2S. The molecule has 1 atom stereocenters. The van der Waals surface area contributed by atoms with Gasteiger partial charge in [-0.05, 0) is 19.8 Å². The van der Waals surface area contributed by atoms with Crippen molar-refractivity contribution in [1.82, 2.24) is 4.90 Å². The lowest BCUT2D eigenvalue weighted by Gasteiger charge is -2.27. The molecule has 0 spiro atoms. The van der Waals surface area contributed by atoms with Gasteiger partial charge in [-0.2, -0.15) is 0 Å². The first-order valence-electron chi connectivity index (χ1n) is 6.11. The molecule has 2 N–H and O–H groups in total. The van der Waals surface area contributed by atoms with Crippen LogP contribution in [0.5, 0.6) is 0 Å². The Balaban J connectivity index is 4.53. The molecule has 4 nitrogen and oxygen atoms in total. The van der Waals surface area contributed by atoms with E-state index in [2.05, 4.69) is 0 Å². The Morgan fingerprint density at radius 2 is 2.00 bits per heavy atom. The number of thiocarbonyl (C=S) groups is 1. The molecule has 0 bridgehead atoms. The van der Waals surface area contributed by atoms with Crippen molar-refractivity contribution in [2.45, 2.75) is 27.7 Å². The fraction of sp³-hybridized carbons (Fsp3) is 0.833. The highest BCUT2D eigenvalue weighted by Gasteiger charge is 2.28. The quantitative estimate of drug-likeness (QED) is 0.530. The zero-order valence-electron chi connectivity index (χ0n) is 11.2. The number of nitrogens with zero attached hydrogens (tertiary/aromatic N) is 1. The molecule has 100 valence electrons. The summed E-state index contributed by atoms with van der Waals surface area (Å²) in [6, 6.07) is 0. The van der Waals surface area contributed by atoms with Gasteiger partial charge in [0, 0.05) is 19.7 Å². The first-order valence-corrected chi connectivity index (χ1v) is 6.52. The molecule has 0 aliphatic carbocycles. The molecule has 0 saturated carbocycles. The van der Waals surface area contributed by atoms with Crippen LogP contribution in [0.15, 0.2) is 0 Å². The van der Waals surface area contributed by atoms with E-state index in [1.165, 1.54) is 0 Å². The second kappa shape index (κ2) is 8.42. The van der Waals surface area contributed by atoms with Gasteiger partial charge in [-0.15, -0.1) is 0 Å². The molecule has 0 saturated heterocycles. The molecule has 1 amide bonds. The second-order valence-corrected chi connectivity index (χ2v) is 4.71. The fourth-order valence-corrected chi connectivity index (χ4v) is 2.05. The number of carbonyl (C=O) groups excluding carboxylic acids is 1. The highest BCUT2D eigenvalue weighted by atomic mass is 32.1. The largest absolute Gasteiger partial charge is 0.393 e. The van der Waals surface area contributed by atoms with Crippen LogP contribution < -0.4 is 5.73 Å². The first kappa shape index (κ1) is 16.3. The van der Waals surface area contributed by atoms with Crippen molar-refractivity contribution in [2.75, 3.05) is 26.3 Å². The van der Waals surface area contributed by atoms with Gasteiger partial charge < -0.3 is 15.4 Å². The molecule has 0 rings (SSSR count). The summed E-state index contributed by atoms with van der Waals surface area (Å²) in [5.74, 6) is -0.234. The summed E-state index contributed by atoms with van der Waals surface area (Å²) in [6.07, 6.45) is 0. The molecule has 0 heterocycles. The van der Waals surface area contributed by atoms with E-state index in [-0.39, 0.29) is 22.7 Å². The zero-order chi connectivity index (χ0) is 13.4. The summed E-state index contributed by atoms with van der Waals surface area (Å²) in [6.45, 7) is 10.3. The molecular weight excluding hydrogens is 236 g/mol. The van der Waals surface area contributed by atoms with Gasteiger partial charge in [0.25, 0.3) is 0 Å². The van der Waals surface area contributed by atoms with Crippen molar-refractivity contribution in [2.24, 2.45) is 17.6 Å². The average molecular weight is 260 g/mol. The smallest absolute Gasteiger partial charge is 0.232 e. The van der Waals surface area contributed by atoms with E-state index >= 15 is 0 Å². The Hall–Kier alpha value is -0.680. The minimum atomic E-state index is -0.369. The van der Waals surface area contributed by atoms with Crippen LogP contribution in [0.1, 0.15) is 27.7 Å². The van der Waals surface area contributed by atoms with E-state index in [1.54, 1.807) is 4.90 Å². The van der Waals surface area contributed by atoms with Crippen LogP contribution in [0.25, 0.3) is 0 Å². The first-order chi connectivity index (χ1) is 7.95. The molecule has 5 heteroatoms. The highest BCUT2D eigenvalue weighted by molar-refractivity contribution is 7.80. The van der Waals surface area contributed by atoms with Crippen molar-refractivity contribution < 1.29 is 9.53 Å². The van der Waals surface area contributed by atoms with E-state index in [4.69, 9.17) is 22.7 Å². The maximum Gasteiger partial charge on any atom is 0.232 e. The van der Waals surface area contributed by atoms with Crippen LogP contribution in [0.4, 0.5) is 0 Å². The standard InChI is InChI=1S/C12H24N2O2S/c1-5-14(7-8-16-6-2)12(15)10(9(3)4)11(13)17/h9-10H,5-8H2,1-4H3,(H2,13,17). The lowest BCUT2D eigenvalue weighted by Crippen LogP contribution is -2.44. The number of hydrogen-bond donors (Lipinski definition) is 1. The van der Waals surface area contributed by atoms with Gasteiger partial charge in [0.05, 0.1) is 17.5 Å². The summed E-state index contributed by atoms with van der Waals surface area (Å²) in [4.78, 5) is 14.3. The molecule has 1 unspecified atom stereocenters. The monoisotopic (exact) mass is 260 g/mol. The van der Waals surface area contributed by atoms with Crippen LogP contribution >= 0.6 is 12.2 Å². The van der Waals surface area contributed by atoms with Gasteiger partial charge in [-0.1, -0.05) is 26.1 Å². The number of ether oxygens (including phenoxy) is 1. The lowest BCUT2D eigenvalue weighted by atomic mass is 9.94. The van der Waals surface area contributed by atoms with Crippen molar-refractivity contribution in [3.05, 3.63) is 0 Å². The van der Waals surface area contributed by atoms with Gasteiger partial charge in [0.2, 0.25) is 5.91 Å². The Morgan fingerprint density at radius 1 is 1.41 bits per heavy atom. The third-order valence-electron chi connectivity index (χ3n) is 2.64. The van der Waals surface area contributed by atoms with Gasteiger partial charge in [-0.25, -0.2) is 0 Å². The SMILES string of the molecule is CCOCCN(CC)C(=O)C(C(N)=S)C(C)C. The number of carbonyl (C=O) groups is 1. The van der Waals surface area contributed by atoms with Crippen LogP contribution in [0.3, 0.4) is 0 Å². The average Bonchev–Trinajstić information content (AvgIpc) is 2.23. The Bertz CT molecular complexity index is 257. The molecule has 0 aromatic heterocycles. The summed E-state index contributed by atoms with van der Waals surface area (Å²) < 4.78 is 5.26. The van der Waals surface area contributed by atoms with E-state index in [0.29, 0.717) is 26.3 Å². The third kappa shape index (κ3) is 5.46. The van der Waals surface area contributed by atoms with Crippen molar-refractivity contribution in [1.29, 1.82) is 0 Å². The van der Waals surface area contributed by atoms with Crippen LogP contribution in [-0.2, 0) is 9.53 Å². The number of likely N-dealkylation sites (N-methyl/N-ethyl adjacent to an activating group) is 1. The molecule has 0 aromatic rings. The van der Waals surface area contributed by atoms with Crippen LogP contribution in [0, 0.1) is 11.8 Å². The number of amides is 1. The number of rotatable bonds is 8. The van der Waals surface area contributed by atoms with E-state index in [9.17, 15) is 4.79 Å². The van der Waals surface area contributed by atoms with Gasteiger partial charge in [0.1, 0.15) is 0 Å². The third-order valence-corrected chi connectivity index (χ3v) is 2.90. The molecule has 0 radical (unpaired) electrons. The van der Waals surface area contributed by atoms with Crippen LogP contribution in [0.2, 0.25) is 0 Å². The van der Waals surface area contributed by atoms with Crippen molar-refractivity contribution in [3.63, 3.8) is 0 Å². The molecule has 0 fully saturated rings. The van der Waals surface area contributed by atoms with Crippen LogP contribution in [-0.4, -0.2) is 42.1 Å². The van der Waals surface area contributed by atoms with Crippen molar-refractivity contribution in [3.8, 4) is 0 Å². The predicted molar refractivity (Wildman–Crippen MR) is 73.9 cm³/mol. The minimum absolute atomic E-state index is 0.00898. The summed E-state index contributed by atoms with van der Waals surface area (Å²) in [5.41, 5.74) is 5.64. The van der Waals surface area contributed by atoms with Gasteiger partial charge in [0.15, 0.2) is 0 Å². The molecule has 0 aliphatic heterocycles. The van der Waals surface area contributed by atoms with E-state index in [1.807, 2.05) is 27.7 Å². The molecule has 0 aromatic carbocycles. The Kier molecular flexibility index (Phi) is 8.08. The second-order valence-electron chi connectivity index (χ2n) is 4.24. The van der Waals surface area contributed by atoms with E-state index < -0.39 is 0 Å². The van der Waals surface area contributed by atoms with Gasteiger partial charge >= 0.3 is 0 Å². The summed E-state index contributed by atoms with van der Waals surface area (Å²) in [5, 5.41) is 0. The maximum atomic E-state index is 12.3. The topological polar surface area (TPSA) is 55.6 Å². The van der Waals surface area contributed by atoms with Gasteiger partial charge in [-0.3, -0.25) is 4.79 Å². The van der Waals surface area contributed by atoms with Crippen molar-refractivity contribution >= 4 is 23.1 Å². The lowest BCUT2D eigenvalue weighted by molar-refractivity contribution is -0.135. The Morgan fingerprint density at radius 3 is 2.35 bits per heavy atom. The number of hydrogen-bond acceptors (Lipinski definition) is 3. The summed E-state index contributed by atoms with van der Waals surface area (Å²) in [7, 11) is 0. The summed E-state index contributed by atoms with van der Waals surface area (Å²) >= 11 is 4.97. The molecule has 17 heavy (non-hydrogen) atoms. The zero-order valence-corrected chi connectivity index (χ0v) is 12.0. The minimum Gasteiger partial charge on any atom is -0.393 e. The normalized spacial score (nSPS) is 12.5. The maximum absolute atomic E-state index is 12.3. The highest BCUT2D eigenvalue weighted by Crippen LogP contribution is 2.14. The predicted octanol–water partition coefficient (Wildman–Crippen LogP) is 1.43. The van der Waals surface area contributed by atoms with E-state index in [0.717, 1.165) is 0 Å². The Labute approximate surface area is 109 Å².